The number of carbonyl (C=O) groups is 1. The minimum Gasteiger partial charge on any atom is -0.489 e. The zero-order valence-corrected chi connectivity index (χ0v) is 15.6. The lowest BCUT2D eigenvalue weighted by Crippen LogP contribution is -2.12. The van der Waals surface area contributed by atoms with Crippen molar-refractivity contribution in [3.05, 3.63) is 96.6 Å². The number of para-hydroxylation sites is 2. The molecule has 0 atom stereocenters. The fourth-order valence-electron chi connectivity index (χ4n) is 3.06. The highest BCUT2D eigenvalue weighted by atomic mass is 16.5. The molecule has 0 aliphatic carbocycles. The van der Waals surface area contributed by atoms with Gasteiger partial charge in [-0.15, -0.1) is 0 Å². The molecular formula is C24H20N2O2. The maximum atomic E-state index is 12.7. The van der Waals surface area contributed by atoms with Gasteiger partial charge >= 0.3 is 0 Å². The molecule has 0 amide bonds. The van der Waals surface area contributed by atoms with E-state index in [2.05, 4.69) is 11.6 Å². The van der Waals surface area contributed by atoms with Gasteiger partial charge in [0.2, 0.25) is 0 Å². The average molecular weight is 368 g/mol. The fourth-order valence-corrected chi connectivity index (χ4v) is 3.06. The summed E-state index contributed by atoms with van der Waals surface area (Å²) in [6, 6.07) is 25.3. The fraction of sp³-hybridized carbons (Fsp3) is 0.0833. The van der Waals surface area contributed by atoms with Crippen molar-refractivity contribution in [3.63, 3.8) is 0 Å². The number of imidazole rings is 1. The first-order valence-electron chi connectivity index (χ1n) is 9.08. The third-order valence-corrected chi connectivity index (χ3v) is 4.49. The van der Waals surface area contributed by atoms with Gasteiger partial charge in [0.25, 0.3) is 5.91 Å². The van der Waals surface area contributed by atoms with Crippen LogP contribution in [-0.4, -0.2) is 15.5 Å². The standard InChI is InChI=1S/C24H20N2O2/c1-17(2)24(27)26-22-11-7-6-10-21(22)25-23(26)19-12-14-20(15-13-19)28-16-18-8-4-3-5-9-18/h3-15H,1,16H2,2H3. The molecule has 0 fully saturated rings. The molecule has 0 spiro atoms. The van der Waals surface area contributed by atoms with Crippen molar-refractivity contribution in [1.82, 2.24) is 9.55 Å². The lowest BCUT2D eigenvalue weighted by molar-refractivity contribution is 0.0962. The predicted molar refractivity (Wildman–Crippen MR) is 111 cm³/mol. The molecule has 4 nitrogen and oxygen atoms in total. The van der Waals surface area contributed by atoms with Gasteiger partial charge in [-0.25, -0.2) is 4.98 Å². The number of rotatable bonds is 5. The SMILES string of the molecule is C=C(C)C(=O)n1c(-c2ccc(OCc3ccccc3)cc2)nc2ccccc21. The molecule has 3 aromatic carbocycles. The first-order chi connectivity index (χ1) is 13.6. The lowest BCUT2D eigenvalue weighted by atomic mass is 10.2. The van der Waals surface area contributed by atoms with Gasteiger partial charge < -0.3 is 4.74 Å². The third kappa shape index (κ3) is 3.45. The van der Waals surface area contributed by atoms with Crippen molar-refractivity contribution in [2.75, 3.05) is 0 Å². The van der Waals surface area contributed by atoms with E-state index in [9.17, 15) is 4.79 Å². The van der Waals surface area contributed by atoms with E-state index in [1.165, 1.54) is 0 Å². The van der Waals surface area contributed by atoms with Crippen LogP contribution < -0.4 is 4.74 Å². The molecule has 28 heavy (non-hydrogen) atoms. The first kappa shape index (κ1) is 17.7. The second kappa shape index (κ2) is 7.53. The molecule has 0 radical (unpaired) electrons. The van der Waals surface area contributed by atoms with Crippen LogP contribution >= 0.6 is 0 Å². The molecule has 1 aromatic heterocycles. The molecular weight excluding hydrogens is 348 g/mol. The molecule has 1 heterocycles. The van der Waals surface area contributed by atoms with Crippen molar-refractivity contribution >= 4 is 16.9 Å². The topological polar surface area (TPSA) is 44.1 Å². The minimum atomic E-state index is -0.159. The lowest BCUT2D eigenvalue weighted by Gasteiger charge is -2.09. The highest BCUT2D eigenvalue weighted by Crippen LogP contribution is 2.27. The van der Waals surface area contributed by atoms with Gasteiger partial charge in [0.1, 0.15) is 18.2 Å². The molecule has 4 rings (SSSR count). The van der Waals surface area contributed by atoms with Crippen LogP contribution in [0.3, 0.4) is 0 Å². The average Bonchev–Trinajstić information content (AvgIpc) is 3.12. The second-order valence-corrected chi connectivity index (χ2v) is 6.64. The van der Waals surface area contributed by atoms with Crippen LogP contribution in [0, 0.1) is 0 Å². The van der Waals surface area contributed by atoms with E-state index in [1.807, 2.05) is 78.9 Å². The Kier molecular flexibility index (Phi) is 4.77. The molecule has 0 bridgehead atoms. The summed E-state index contributed by atoms with van der Waals surface area (Å²) >= 11 is 0. The molecule has 0 N–H and O–H groups in total. The van der Waals surface area contributed by atoms with Crippen molar-refractivity contribution < 1.29 is 9.53 Å². The quantitative estimate of drug-likeness (QED) is 0.437. The van der Waals surface area contributed by atoms with Gasteiger partial charge in [0.15, 0.2) is 0 Å². The Balaban J connectivity index is 1.65. The van der Waals surface area contributed by atoms with Gasteiger partial charge in [0.05, 0.1) is 11.0 Å². The number of carbonyl (C=O) groups excluding carboxylic acids is 1. The van der Waals surface area contributed by atoms with Gasteiger partial charge in [0, 0.05) is 11.1 Å². The zero-order valence-electron chi connectivity index (χ0n) is 15.6. The summed E-state index contributed by atoms with van der Waals surface area (Å²) in [6.45, 7) is 6.02. The minimum absolute atomic E-state index is 0.159. The Morgan fingerprint density at radius 1 is 0.964 bits per heavy atom. The molecule has 4 aromatic rings. The highest BCUT2D eigenvalue weighted by molar-refractivity contribution is 6.03. The number of allylic oxidation sites excluding steroid dienone is 1. The van der Waals surface area contributed by atoms with Crippen molar-refractivity contribution in [3.8, 4) is 17.1 Å². The van der Waals surface area contributed by atoms with Crippen LogP contribution in [0.5, 0.6) is 5.75 Å². The van der Waals surface area contributed by atoms with Gasteiger partial charge in [-0.3, -0.25) is 9.36 Å². The zero-order chi connectivity index (χ0) is 19.5. The van der Waals surface area contributed by atoms with Crippen LogP contribution in [0.15, 0.2) is 91.0 Å². The number of aromatic nitrogens is 2. The normalized spacial score (nSPS) is 10.8. The maximum Gasteiger partial charge on any atom is 0.259 e. The Morgan fingerprint density at radius 2 is 1.64 bits per heavy atom. The molecule has 138 valence electrons. The molecule has 0 aliphatic rings. The van der Waals surface area contributed by atoms with E-state index >= 15 is 0 Å². The molecule has 0 saturated heterocycles. The smallest absolute Gasteiger partial charge is 0.259 e. The molecule has 0 aliphatic heterocycles. The summed E-state index contributed by atoms with van der Waals surface area (Å²) in [6.07, 6.45) is 0. The number of fused-ring (bicyclic) bond motifs is 1. The number of hydrogen-bond donors (Lipinski definition) is 0. The Morgan fingerprint density at radius 3 is 2.36 bits per heavy atom. The molecule has 0 saturated carbocycles. The van der Waals surface area contributed by atoms with E-state index in [0.29, 0.717) is 18.0 Å². The number of nitrogens with zero attached hydrogens (tertiary/aromatic N) is 2. The van der Waals surface area contributed by atoms with E-state index in [1.54, 1.807) is 11.5 Å². The third-order valence-electron chi connectivity index (χ3n) is 4.49. The summed E-state index contributed by atoms with van der Waals surface area (Å²) in [4.78, 5) is 17.4. The van der Waals surface area contributed by atoms with Gasteiger partial charge in [-0.2, -0.15) is 0 Å². The van der Waals surface area contributed by atoms with Crippen LogP contribution in [0.4, 0.5) is 0 Å². The number of benzene rings is 3. The summed E-state index contributed by atoms with van der Waals surface area (Å²) in [7, 11) is 0. The highest BCUT2D eigenvalue weighted by Gasteiger charge is 2.18. The van der Waals surface area contributed by atoms with Gasteiger partial charge in [-0.05, 0) is 48.9 Å². The summed E-state index contributed by atoms with van der Waals surface area (Å²) in [5, 5.41) is 0. The van der Waals surface area contributed by atoms with Crippen LogP contribution in [-0.2, 0) is 6.61 Å². The van der Waals surface area contributed by atoms with E-state index < -0.39 is 0 Å². The molecule has 0 unspecified atom stereocenters. The first-order valence-corrected chi connectivity index (χ1v) is 9.08. The summed E-state index contributed by atoms with van der Waals surface area (Å²) < 4.78 is 7.47. The Hall–Kier alpha value is -3.66. The predicted octanol–water partition coefficient (Wildman–Crippen LogP) is 5.50. The Labute approximate surface area is 163 Å². The van der Waals surface area contributed by atoms with Crippen LogP contribution in [0.2, 0.25) is 0 Å². The van der Waals surface area contributed by atoms with Crippen LogP contribution in [0.1, 0.15) is 17.3 Å². The number of ether oxygens (including phenoxy) is 1. The monoisotopic (exact) mass is 368 g/mol. The second-order valence-electron chi connectivity index (χ2n) is 6.64. The van der Waals surface area contributed by atoms with E-state index in [-0.39, 0.29) is 5.91 Å². The molecule has 4 heteroatoms. The maximum absolute atomic E-state index is 12.7. The summed E-state index contributed by atoms with van der Waals surface area (Å²) in [5.41, 5.74) is 3.97. The largest absolute Gasteiger partial charge is 0.489 e. The van der Waals surface area contributed by atoms with Crippen molar-refractivity contribution in [2.24, 2.45) is 0 Å². The van der Waals surface area contributed by atoms with Crippen molar-refractivity contribution in [2.45, 2.75) is 13.5 Å². The van der Waals surface area contributed by atoms with E-state index in [4.69, 9.17) is 4.74 Å². The number of hydrogen-bond acceptors (Lipinski definition) is 3. The van der Waals surface area contributed by atoms with Crippen molar-refractivity contribution in [1.29, 1.82) is 0 Å². The van der Waals surface area contributed by atoms with Crippen LogP contribution in [0.25, 0.3) is 22.4 Å². The Bertz CT molecular complexity index is 1140. The van der Waals surface area contributed by atoms with Gasteiger partial charge in [-0.1, -0.05) is 49.0 Å². The van der Waals surface area contributed by atoms with E-state index in [0.717, 1.165) is 27.9 Å². The summed E-state index contributed by atoms with van der Waals surface area (Å²) in [5.74, 6) is 1.21.